The molecule has 0 aliphatic rings. The molecule has 0 saturated heterocycles. The number of hydrogen-bond acceptors (Lipinski definition) is 2. The second kappa shape index (κ2) is 6.22. The number of nitrogens with one attached hydrogen (secondary N) is 1. The molecule has 0 bridgehead atoms. The Morgan fingerprint density at radius 1 is 1.29 bits per heavy atom. The van der Waals surface area contributed by atoms with E-state index in [1.54, 1.807) is 0 Å². The van der Waals surface area contributed by atoms with Gasteiger partial charge in [0, 0.05) is 16.6 Å². The highest BCUT2D eigenvalue weighted by Gasteiger charge is 2.08. The normalized spacial score (nSPS) is 11.3. The molecule has 0 aliphatic heterocycles. The van der Waals surface area contributed by atoms with Crippen LogP contribution >= 0.6 is 15.9 Å². The molecular formula is C14H20BrNO. The van der Waals surface area contributed by atoms with Gasteiger partial charge in [-0.2, -0.15) is 0 Å². The summed E-state index contributed by atoms with van der Waals surface area (Å²) in [6, 6.07) is 7.81. The number of ether oxygens (including phenoxy) is 1. The van der Waals surface area contributed by atoms with Crippen LogP contribution in [0.15, 0.2) is 40.9 Å². The molecule has 0 aromatic heterocycles. The molecule has 1 aromatic rings. The molecule has 0 saturated carbocycles. The zero-order valence-corrected chi connectivity index (χ0v) is 12.3. The monoisotopic (exact) mass is 297 g/mol. The molecule has 0 spiro atoms. The highest BCUT2D eigenvalue weighted by atomic mass is 79.9. The van der Waals surface area contributed by atoms with Crippen LogP contribution in [0, 0.1) is 0 Å². The molecule has 0 amide bonds. The lowest BCUT2D eigenvalue weighted by Crippen LogP contribution is -2.37. The minimum atomic E-state index is 0.112. The maximum atomic E-state index is 5.63. The van der Waals surface area contributed by atoms with Crippen molar-refractivity contribution < 1.29 is 4.74 Å². The largest absolute Gasteiger partial charge is 0.489 e. The standard InChI is InChI=1S/C14H20BrNO/c1-11(9-16-14(2,3)4)10-17-13-7-5-12(15)6-8-13/h5-8,16H,1,9-10H2,2-4H3. The van der Waals surface area contributed by atoms with Crippen molar-refractivity contribution in [3.63, 3.8) is 0 Å². The molecule has 1 N–H and O–H groups in total. The van der Waals surface area contributed by atoms with Crippen LogP contribution in [0.3, 0.4) is 0 Å². The van der Waals surface area contributed by atoms with Gasteiger partial charge in [-0.25, -0.2) is 0 Å². The van der Waals surface area contributed by atoms with E-state index in [0.717, 1.165) is 22.3 Å². The third kappa shape index (κ3) is 6.49. The summed E-state index contributed by atoms with van der Waals surface area (Å²) >= 11 is 3.39. The van der Waals surface area contributed by atoms with Gasteiger partial charge in [0.1, 0.15) is 12.4 Å². The van der Waals surface area contributed by atoms with Crippen LogP contribution in [-0.4, -0.2) is 18.7 Å². The summed E-state index contributed by atoms with van der Waals surface area (Å²) in [5, 5.41) is 3.38. The molecule has 2 nitrogen and oxygen atoms in total. The van der Waals surface area contributed by atoms with Gasteiger partial charge in [0.15, 0.2) is 0 Å². The molecule has 3 heteroatoms. The van der Waals surface area contributed by atoms with Gasteiger partial charge in [0.05, 0.1) is 0 Å². The Balaban J connectivity index is 2.31. The molecule has 1 aromatic carbocycles. The summed E-state index contributed by atoms with van der Waals surface area (Å²) < 4.78 is 6.68. The third-order valence-corrected chi connectivity index (χ3v) is 2.65. The molecular weight excluding hydrogens is 278 g/mol. The first-order valence-electron chi connectivity index (χ1n) is 5.67. The van der Waals surface area contributed by atoms with Crippen LogP contribution in [-0.2, 0) is 0 Å². The van der Waals surface area contributed by atoms with Gasteiger partial charge in [-0.3, -0.25) is 0 Å². The second-order valence-corrected chi connectivity index (χ2v) is 6.01. The van der Waals surface area contributed by atoms with E-state index in [2.05, 4.69) is 48.6 Å². The topological polar surface area (TPSA) is 21.3 Å². The average molecular weight is 298 g/mol. The number of rotatable bonds is 5. The first kappa shape index (κ1) is 14.3. The lowest BCUT2D eigenvalue weighted by atomic mass is 10.1. The fourth-order valence-corrected chi connectivity index (χ4v) is 1.42. The SMILES string of the molecule is C=C(CNC(C)(C)C)COc1ccc(Br)cc1. The summed E-state index contributed by atoms with van der Waals surface area (Å²) in [6.45, 7) is 11.7. The lowest BCUT2D eigenvalue weighted by molar-refractivity contribution is 0.341. The summed E-state index contributed by atoms with van der Waals surface area (Å²) in [5.41, 5.74) is 1.16. The Morgan fingerprint density at radius 2 is 1.88 bits per heavy atom. The Kier molecular flexibility index (Phi) is 5.22. The van der Waals surface area contributed by atoms with E-state index < -0.39 is 0 Å². The van der Waals surface area contributed by atoms with Gasteiger partial charge in [0.2, 0.25) is 0 Å². The minimum absolute atomic E-state index is 0.112. The zero-order chi connectivity index (χ0) is 12.9. The smallest absolute Gasteiger partial charge is 0.119 e. The van der Waals surface area contributed by atoms with E-state index >= 15 is 0 Å². The highest BCUT2D eigenvalue weighted by Crippen LogP contribution is 2.16. The van der Waals surface area contributed by atoms with E-state index in [4.69, 9.17) is 4.74 Å². The van der Waals surface area contributed by atoms with E-state index in [1.165, 1.54) is 0 Å². The van der Waals surface area contributed by atoms with Gasteiger partial charge >= 0.3 is 0 Å². The molecule has 94 valence electrons. The van der Waals surface area contributed by atoms with Crippen LogP contribution in [0.1, 0.15) is 20.8 Å². The van der Waals surface area contributed by atoms with Crippen molar-refractivity contribution in [2.45, 2.75) is 26.3 Å². The first-order valence-corrected chi connectivity index (χ1v) is 6.46. The second-order valence-electron chi connectivity index (χ2n) is 5.10. The van der Waals surface area contributed by atoms with E-state index in [-0.39, 0.29) is 5.54 Å². The van der Waals surface area contributed by atoms with Crippen molar-refractivity contribution in [3.8, 4) is 5.75 Å². The van der Waals surface area contributed by atoms with Gasteiger partial charge in [-0.05, 0) is 50.6 Å². The summed E-state index contributed by atoms with van der Waals surface area (Å²) in [4.78, 5) is 0. The summed E-state index contributed by atoms with van der Waals surface area (Å²) in [5.74, 6) is 0.866. The van der Waals surface area contributed by atoms with Gasteiger partial charge in [-0.1, -0.05) is 22.5 Å². The maximum absolute atomic E-state index is 5.63. The summed E-state index contributed by atoms with van der Waals surface area (Å²) in [7, 11) is 0. The maximum Gasteiger partial charge on any atom is 0.119 e. The van der Waals surface area contributed by atoms with Gasteiger partial charge in [-0.15, -0.1) is 0 Å². The predicted octanol–water partition coefficient (Wildman–Crippen LogP) is 3.77. The fraction of sp³-hybridized carbons (Fsp3) is 0.429. The third-order valence-electron chi connectivity index (χ3n) is 2.13. The van der Waals surface area contributed by atoms with Gasteiger partial charge < -0.3 is 10.1 Å². The highest BCUT2D eigenvalue weighted by molar-refractivity contribution is 9.10. The molecule has 0 atom stereocenters. The summed E-state index contributed by atoms with van der Waals surface area (Å²) in [6.07, 6.45) is 0. The number of benzene rings is 1. The van der Waals surface area contributed by atoms with Crippen molar-refractivity contribution in [1.29, 1.82) is 0 Å². The Hall–Kier alpha value is -0.800. The van der Waals surface area contributed by atoms with Gasteiger partial charge in [0.25, 0.3) is 0 Å². The van der Waals surface area contributed by atoms with Crippen molar-refractivity contribution >= 4 is 15.9 Å². The predicted molar refractivity (Wildman–Crippen MR) is 76.5 cm³/mol. The molecule has 0 heterocycles. The first-order chi connectivity index (χ1) is 7.87. The van der Waals surface area contributed by atoms with Crippen molar-refractivity contribution in [3.05, 3.63) is 40.9 Å². The molecule has 0 aliphatic carbocycles. The Bertz CT molecular complexity index is 365. The molecule has 1 rings (SSSR count). The van der Waals surface area contributed by atoms with Crippen molar-refractivity contribution in [1.82, 2.24) is 5.32 Å². The van der Waals surface area contributed by atoms with Crippen LogP contribution in [0.5, 0.6) is 5.75 Å². The fourth-order valence-electron chi connectivity index (χ4n) is 1.16. The zero-order valence-electron chi connectivity index (χ0n) is 10.7. The van der Waals surface area contributed by atoms with Crippen LogP contribution < -0.4 is 10.1 Å². The van der Waals surface area contributed by atoms with Crippen LogP contribution in [0.25, 0.3) is 0 Å². The van der Waals surface area contributed by atoms with E-state index in [0.29, 0.717) is 6.61 Å². The minimum Gasteiger partial charge on any atom is -0.489 e. The molecule has 17 heavy (non-hydrogen) atoms. The Labute approximate surface area is 112 Å². The molecule has 0 radical (unpaired) electrons. The molecule has 0 unspecified atom stereocenters. The number of halogens is 1. The lowest BCUT2D eigenvalue weighted by Gasteiger charge is -2.21. The van der Waals surface area contributed by atoms with Crippen LogP contribution in [0.4, 0.5) is 0 Å². The Morgan fingerprint density at radius 3 is 2.41 bits per heavy atom. The van der Waals surface area contributed by atoms with E-state index in [1.807, 2.05) is 24.3 Å². The average Bonchev–Trinajstić information content (AvgIpc) is 2.25. The van der Waals surface area contributed by atoms with E-state index in [9.17, 15) is 0 Å². The molecule has 0 fully saturated rings. The van der Waals surface area contributed by atoms with Crippen LogP contribution in [0.2, 0.25) is 0 Å². The van der Waals surface area contributed by atoms with Crippen molar-refractivity contribution in [2.75, 3.05) is 13.2 Å². The quantitative estimate of drug-likeness (QED) is 0.835. The number of hydrogen-bond donors (Lipinski definition) is 1. The van der Waals surface area contributed by atoms with Crippen molar-refractivity contribution in [2.24, 2.45) is 0 Å².